The maximum Gasteiger partial charge on any atom is 0.252 e. The van der Waals surface area contributed by atoms with Crippen molar-refractivity contribution in [2.45, 2.75) is 30.1 Å². The van der Waals surface area contributed by atoms with Crippen LogP contribution in [0.15, 0.2) is 57.9 Å². The molecule has 28 heavy (non-hydrogen) atoms. The molecule has 1 saturated heterocycles. The van der Waals surface area contributed by atoms with Gasteiger partial charge in [-0.15, -0.1) is 0 Å². The van der Waals surface area contributed by atoms with Gasteiger partial charge in [0, 0.05) is 29.6 Å². The van der Waals surface area contributed by atoms with Crippen LogP contribution in [0.3, 0.4) is 0 Å². The molecular formula is C21H24BrNO4S. The van der Waals surface area contributed by atoms with Crippen LogP contribution < -0.4 is 5.32 Å². The van der Waals surface area contributed by atoms with Crippen molar-refractivity contribution in [3.8, 4) is 0 Å². The second-order valence-electron chi connectivity index (χ2n) is 6.99. The van der Waals surface area contributed by atoms with Crippen molar-refractivity contribution >= 4 is 31.7 Å². The quantitative estimate of drug-likeness (QED) is 0.705. The molecule has 0 bridgehead atoms. The molecule has 5 nitrogen and oxygen atoms in total. The van der Waals surface area contributed by atoms with Gasteiger partial charge in [0.1, 0.15) is 0 Å². The van der Waals surface area contributed by atoms with Crippen LogP contribution in [0, 0.1) is 0 Å². The lowest BCUT2D eigenvalue weighted by atomic mass is 9.74. The van der Waals surface area contributed by atoms with Gasteiger partial charge in [-0.3, -0.25) is 4.79 Å². The summed E-state index contributed by atoms with van der Waals surface area (Å²) in [7, 11) is -3.48. The van der Waals surface area contributed by atoms with E-state index in [1.54, 1.807) is 25.1 Å². The number of amides is 1. The van der Waals surface area contributed by atoms with Crippen molar-refractivity contribution in [3.05, 3.63) is 64.1 Å². The lowest BCUT2D eigenvalue weighted by molar-refractivity contribution is 0.0486. The number of benzene rings is 2. The van der Waals surface area contributed by atoms with Crippen LogP contribution in [0.25, 0.3) is 0 Å². The van der Waals surface area contributed by atoms with E-state index in [9.17, 15) is 13.2 Å². The molecule has 1 heterocycles. The van der Waals surface area contributed by atoms with Crippen LogP contribution in [-0.4, -0.2) is 39.8 Å². The van der Waals surface area contributed by atoms with Crippen LogP contribution in [0.4, 0.5) is 0 Å². The first kappa shape index (κ1) is 21.0. The Morgan fingerprint density at radius 3 is 2.54 bits per heavy atom. The van der Waals surface area contributed by atoms with Crippen LogP contribution in [0.5, 0.6) is 0 Å². The van der Waals surface area contributed by atoms with E-state index < -0.39 is 9.84 Å². The number of sulfone groups is 1. The van der Waals surface area contributed by atoms with Gasteiger partial charge in [0.15, 0.2) is 9.84 Å². The number of carbonyl (C=O) groups excluding carboxylic acids is 1. The topological polar surface area (TPSA) is 72.5 Å². The lowest BCUT2D eigenvalue weighted by Gasteiger charge is -2.38. The van der Waals surface area contributed by atoms with Gasteiger partial charge in [-0.1, -0.05) is 47.1 Å². The third-order valence-corrected chi connectivity index (χ3v) is 7.60. The minimum absolute atomic E-state index is 0.0450. The SMILES string of the molecule is CCS(=O)(=O)c1ccccc1C(=O)NCC1(c2cccc(Br)c2)CCOCC1. The molecule has 150 valence electrons. The van der Waals surface area contributed by atoms with Crippen LogP contribution in [0.2, 0.25) is 0 Å². The Hall–Kier alpha value is -1.70. The molecule has 1 aliphatic heterocycles. The summed E-state index contributed by atoms with van der Waals surface area (Å²) in [5, 5.41) is 2.99. The standard InChI is InChI=1S/C21H24BrNO4S/c1-2-28(25,26)19-9-4-3-8-18(19)20(24)23-15-21(10-12-27-13-11-21)16-6-5-7-17(22)14-16/h3-9,14H,2,10-13,15H2,1H3,(H,23,24). The van der Waals surface area contributed by atoms with Gasteiger partial charge >= 0.3 is 0 Å². The van der Waals surface area contributed by atoms with Crippen molar-refractivity contribution in [3.63, 3.8) is 0 Å². The van der Waals surface area contributed by atoms with Gasteiger partial charge < -0.3 is 10.1 Å². The Morgan fingerprint density at radius 2 is 1.86 bits per heavy atom. The molecule has 0 saturated carbocycles. The highest BCUT2D eigenvalue weighted by atomic mass is 79.9. The van der Waals surface area contributed by atoms with Gasteiger partial charge in [-0.05, 0) is 42.7 Å². The summed E-state index contributed by atoms with van der Waals surface area (Å²) in [5.41, 5.74) is 1.09. The van der Waals surface area contributed by atoms with Crippen LogP contribution in [0.1, 0.15) is 35.7 Å². The fraction of sp³-hybridized carbons (Fsp3) is 0.381. The van der Waals surface area contributed by atoms with Gasteiger partial charge in [-0.25, -0.2) is 8.42 Å². The van der Waals surface area contributed by atoms with E-state index in [-0.39, 0.29) is 27.5 Å². The molecule has 3 rings (SSSR count). The summed E-state index contributed by atoms with van der Waals surface area (Å²) in [4.78, 5) is 13.0. The Kier molecular flexibility index (Phi) is 6.58. The fourth-order valence-corrected chi connectivity index (χ4v) is 5.07. The molecule has 0 aromatic heterocycles. The zero-order chi connectivity index (χ0) is 20.2. The molecular weight excluding hydrogens is 442 g/mol. The summed E-state index contributed by atoms with van der Waals surface area (Å²) < 4.78 is 31.2. The normalized spacial score (nSPS) is 16.5. The Bertz CT molecular complexity index is 952. The number of ether oxygens (including phenoxy) is 1. The second kappa shape index (κ2) is 8.76. The second-order valence-corrected chi connectivity index (χ2v) is 10.1. The van der Waals surface area contributed by atoms with Crippen LogP contribution >= 0.6 is 15.9 Å². The highest BCUT2D eigenvalue weighted by Crippen LogP contribution is 2.35. The monoisotopic (exact) mass is 465 g/mol. The molecule has 1 N–H and O–H groups in total. The highest BCUT2D eigenvalue weighted by Gasteiger charge is 2.35. The summed E-state index contributed by atoms with van der Waals surface area (Å²) in [6.45, 7) is 3.26. The third kappa shape index (κ3) is 4.47. The molecule has 7 heteroatoms. The average molecular weight is 466 g/mol. The summed E-state index contributed by atoms with van der Waals surface area (Å²) in [6, 6.07) is 14.5. The van der Waals surface area contributed by atoms with Crippen molar-refractivity contribution in [2.75, 3.05) is 25.5 Å². The lowest BCUT2D eigenvalue weighted by Crippen LogP contribution is -2.44. The summed E-state index contributed by atoms with van der Waals surface area (Å²) in [5.74, 6) is -0.412. The first-order valence-electron chi connectivity index (χ1n) is 9.32. The van der Waals surface area contributed by atoms with Gasteiger partial charge in [0.25, 0.3) is 5.91 Å². The maximum atomic E-state index is 12.9. The van der Waals surface area contributed by atoms with Gasteiger partial charge in [0.2, 0.25) is 0 Å². The summed E-state index contributed by atoms with van der Waals surface area (Å²) >= 11 is 3.52. The number of nitrogens with one attached hydrogen (secondary N) is 1. The minimum Gasteiger partial charge on any atom is -0.381 e. The number of hydrogen-bond donors (Lipinski definition) is 1. The Labute approximate surface area is 174 Å². The molecule has 1 aliphatic rings. The van der Waals surface area contributed by atoms with Crippen LogP contribution in [-0.2, 0) is 20.0 Å². The zero-order valence-corrected chi connectivity index (χ0v) is 18.2. The molecule has 2 aromatic carbocycles. The van der Waals surface area contributed by atoms with E-state index in [4.69, 9.17) is 4.74 Å². The van der Waals surface area contributed by atoms with Crippen molar-refractivity contribution in [1.82, 2.24) is 5.32 Å². The van der Waals surface area contributed by atoms with Gasteiger partial charge in [0.05, 0.1) is 16.2 Å². The van der Waals surface area contributed by atoms with E-state index in [0.717, 1.165) is 22.9 Å². The van der Waals surface area contributed by atoms with Crippen molar-refractivity contribution in [2.24, 2.45) is 0 Å². The predicted octanol–water partition coefficient (Wildman–Crippen LogP) is 3.72. The predicted molar refractivity (Wildman–Crippen MR) is 112 cm³/mol. The number of hydrogen-bond acceptors (Lipinski definition) is 4. The molecule has 0 unspecified atom stereocenters. The highest BCUT2D eigenvalue weighted by molar-refractivity contribution is 9.10. The summed E-state index contributed by atoms with van der Waals surface area (Å²) in [6.07, 6.45) is 1.58. The van der Waals surface area contributed by atoms with Crippen molar-refractivity contribution in [1.29, 1.82) is 0 Å². The largest absolute Gasteiger partial charge is 0.381 e. The first-order valence-corrected chi connectivity index (χ1v) is 11.8. The Morgan fingerprint density at radius 1 is 1.14 bits per heavy atom. The average Bonchev–Trinajstić information content (AvgIpc) is 2.72. The fourth-order valence-electron chi connectivity index (χ4n) is 3.57. The smallest absolute Gasteiger partial charge is 0.252 e. The third-order valence-electron chi connectivity index (χ3n) is 5.32. The molecule has 0 aliphatic carbocycles. The molecule has 1 amide bonds. The molecule has 0 atom stereocenters. The number of carbonyl (C=O) groups is 1. The molecule has 1 fully saturated rings. The minimum atomic E-state index is -3.48. The van der Waals surface area contributed by atoms with E-state index in [1.165, 1.54) is 6.07 Å². The van der Waals surface area contributed by atoms with Crippen molar-refractivity contribution < 1.29 is 17.9 Å². The zero-order valence-electron chi connectivity index (χ0n) is 15.8. The molecule has 2 aromatic rings. The first-order chi connectivity index (χ1) is 13.4. The van der Waals surface area contributed by atoms with E-state index >= 15 is 0 Å². The number of halogens is 1. The maximum absolute atomic E-state index is 12.9. The number of rotatable bonds is 6. The molecule has 0 spiro atoms. The van der Waals surface area contributed by atoms with E-state index in [1.807, 2.05) is 12.1 Å². The van der Waals surface area contributed by atoms with Gasteiger partial charge in [-0.2, -0.15) is 0 Å². The van der Waals surface area contributed by atoms with E-state index in [0.29, 0.717) is 19.8 Å². The molecule has 0 radical (unpaired) electrons. The Balaban J connectivity index is 1.86. The van der Waals surface area contributed by atoms with E-state index in [2.05, 4.69) is 33.4 Å².